The van der Waals surface area contributed by atoms with Crippen LogP contribution in [0.4, 0.5) is 4.79 Å². The molecule has 1 aromatic rings. The van der Waals surface area contributed by atoms with Crippen LogP contribution in [0.1, 0.15) is 5.56 Å². The van der Waals surface area contributed by atoms with E-state index in [0.717, 1.165) is 5.56 Å². The number of benzene rings is 1. The molecule has 0 atom stereocenters. The molecule has 0 bridgehead atoms. The van der Waals surface area contributed by atoms with E-state index in [1.165, 1.54) is 0 Å². The molecule has 1 amide bonds. The molecule has 3 nitrogen and oxygen atoms in total. The van der Waals surface area contributed by atoms with Crippen molar-refractivity contribution in [2.45, 2.75) is 6.92 Å². The van der Waals surface area contributed by atoms with Gasteiger partial charge in [-0.2, -0.15) is 0 Å². The van der Waals surface area contributed by atoms with Crippen molar-refractivity contribution in [1.82, 2.24) is 0 Å². The number of nitrogens with two attached hydrogens (primary N) is 1. The van der Waals surface area contributed by atoms with Crippen molar-refractivity contribution in [3.05, 3.63) is 28.8 Å². The van der Waals surface area contributed by atoms with Gasteiger partial charge in [-0.25, -0.2) is 4.79 Å². The minimum atomic E-state index is -0.822. The van der Waals surface area contributed by atoms with Gasteiger partial charge in [0.1, 0.15) is 5.75 Å². The Bertz CT molecular complexity index is 312. The zero-order valence-corrected chi connectivity index (χ0v) is 7.26. The summed E-state index contributed by atoms with van der Waals surface area (Å²) < 4.78 is 4.63. The second kappa shape index (κ2) is 3.45. The van der Waals surface area contributed by atoms with Gasteiger partial charge in [0, 0.05) is 5.02 Å². The minimum absolute atomic E-state index is 0.407. The molecular formula is C8H8ClNO2. The first-order valence-electron chi connectivity index (χ1n) is 3.33. The Morgan fingerprint density at radius 2 is 2.25 bits per heavy atom. The van der Waals surface area contributed by atoms with Crippen LogP contribution in [0.5, 0.6) is 5.75 Å². The predicted molar refractivity (Wildman–Crippen MR) is 46.4 cm³/mol. The molecule has 0 heterocycles. The van der Waals surface area contributed by atoms with E-state index >= 15 is 0 Å². The maximum absolute atomic E-state index is 10.3. The third-order valence-electron chi connectivity index (χ3n) is 1.35. The lowest BCUT2D eigenvalue weighted by Crippen LogP contribution is -2.16. The van der Waals surface area contributed by atoms with E-state index in [1.54, 1.807) is 18.2 Å². The number of hydrogen-bond acceptors (Lipinski definition) is 2. The molecule has 12 heavy (non-hydrogen) atoms. The zero-order chi connectivity index (χ0) is 9.14. The van der Waals surface area contributed by atoms with E-state index in [9.17, 15) is 4.79 Å². The molecule has 0 aromatic heterocycles. The molecule has 1 rings (SSSR count). The summed E-state index contributed by atoms with van der Waals surface area (Å²) in [4.78, 5) is 10.3. The minimum Gasteiger partial charge on any atom is -0.410 e. The number of primary amides is 1. The van der Waals surface area contributed by atoms with Gasteiger partial charge in [-0.1, -0.05) is 11.6 Å². The van der Waals surface area contributed by atoms with Crippen LogP contribution in [0.15, 0.2) is 18.2 Å². The van der Waals surface area contributed by atoms with Crippen LogP contribution in [-0.4, -0.2) is 6.09 Å². The van der Waals surface area contributed by atoms with E-state index in [2.05, 4.69) is 4.74 Å². The van der Waals surface area contributed by atoms with E-state index in [-0.39, 0.29) is 0 Å². The number of aryl methyl sites for hydroxylation is 1. The molecule has 0 saturated carbocycles. The van der Waals surface area contributed by atoms with Crippen LogP contribution >= 0.6 is 11.6 Å². The number of amides is 1. The fourth-order valence-electron chi connectivity index (χ4n) is 0.797. The normalized spacial score (nSPS) is 9.50. The highest BCUT2D eigenvalue weighted by Crippen LogP contribution is 2.20. The van der Waals surface area contributed by atoms with Gasteiger partial charge in [0.2, 0.25) is 0 Å². The van der Waals surface area contributed by atoms with Crippen LogP contribution < -0.4 is 10.5 Å². The first-order valence-corrected chi connectivity index (χ1v) is 3.71. The molecule has 0 radical (unpaired) electrons. The van der Waals surface area contributed by atoms with Gasteiger partial charge in [-0.3, -0.25) is 0 Å². The number of ether oxygens (including phenoxy) is 1. The van der Waals surface area contributed by atoms with Crippen LogP contribution in [0.2, 0.25) is 5.02 Å². The molecule has 1 aromatic carbocycles. The van der Waals surface area contributed by atoms with Crippen molar-refractivity contribution in [1.29, 1.82) is 0 Å². The fourth-order valence-corrected chi connectivity index (χ4v) is 0.914. The summed E-state index contributed by atoms with van der Waals surface area (Å²) in [7, 11) is 0. The molecule has 4 heteroatoms. The van der Waals surface area contributed by atoms with Gasteiger partial charge in [-0.15, -0.1) is 0 Å². The summed E-state index contributed by atoms with van der Waals surface area (Å²) in [5, 5.41) is 0.631. The first-order chi connectivity index (χ1) is 5.59. The molecule has 0 unspecified atom stereocenters. The molecule has 0 fully saturated rings. The number of carbonyl (C=O) groups is 1. The third-order valence-corrected chi connectivity index (χ3v) is 1.77. The first kappa shape index (κ1) is 8.87. The van der Waals surface area contributed by atoms with Crippen molar-refractivity contribution in [3.63, 3.8) is 0 Å². The van der Waals surface area contributed by atoms with Gasteiger partial charge >= 0.3 is 6.09 Å². The van der Waals surface area contributed by atoms with E-state index in [4.69, 9.17) is 17.3 Å². The summed E-state index contributed by atoms with van der Waals surface area (Å²) in [5.41, 5.74) is 5.66. The number of rotatable bonds is 1. The Morgan fingerprint density at radius 1 is 1.58 bits per heavy atom. The fraction of sp³-hybridized carbons (Fsp3) is 0.125. The van der Waals surface area contributed by atoms with Crippen molar-refractivity contribution in [2.24, 2.45) is 5.73 Å². The van der Waals surface area contributed by atoms with Gasteiger partial charge in [0.15, 0.2) is 0 Å². The summed E-state index contributed by atoms with van der Waals surface area (Å²) in [6, 6.07) is 4.88. The topological polar surface area (TPSA) is 52.3 Å². The van der Waals surface area contributed by atoms with Crippen LogP contribution in [0.25, 0.3) is 0 Å². The van der Waals surface area contributed by atoms with E-state index < -0.39 is 6.09 Å². The second-order valence-corrected chi connectivity index (χ2v) is 2.74. The van der Waals surface area contributed by atoms with Crippen molar-refractivity contribution >= 4 is 17.7 Å². The molecule has 2 N–H and O–H groups in total. The van der Waals surface area contributed by atoms with Crippen LogP contribution in [0.3, 0.4) is 0 Å². The summed E-state index contributed by atoms with van der Waals surface area (Å²) in [5.74, 6) is 0.407. The zero-order valence-electron chi connectivity index (χ0n) is 6.50. The molecule has 0 spiro atoms. The Balaban J connectivity index is 2.89. The second-order valence-electron chi connectivity index (χ2n) is 2.33. The summed E-state index contributed by atoms with van der Waals surface area (Å²) in [6.45, 7) is 1.82. The molecule has 0 saturated heterocycles. The quantitative estimate of drug-likeness (QED) is 0.729. The number of halogens is 1. The van der Waals surface area contributed by atoms with Crippen LogP contribution in [0, 0.1) is 6.92 Å². The lowest BCUT2D eigenvalue weighted by molar-refractivity contribution is 0.211. The largest absolute Gasteiger partial charge is 0.410 e. The highest BCUT2D eigenvalue weighted by Gasteiger charge is 2.00. The maximum atomic E-state index is 10.3. The van der Waals surface area contributed by atoms with Gasteiger partial charge in [0.25, 0.3) is 0 Å². The van der Waals surface area contributed by atoms with Gasteiger partial charge in [-0.05, 0) is 30.7 Å². The molecular weight excluding hydrogens is 178 g/mol. The third kappa shape index (κ3) is 2.13. The number of carbonyl (C=O) groups excluding carboxylic acids is 1. The summed E-state index contributed by atoms with van der Waals surface area (Å²) in [6.07, 6.45) is -0.822. The van der Waals surface area contributed by atoms with Gasteiger partial charge in [0.05, 0.1) is 0 Å². The molecule has 0 aliphatic carbocycles. The maximum Gasteiger partial charge on any atom is 0.409 e. The Hall–Kier alpha value is -1.22. The monoisotopic (exact) mass is 185 g/mol. The van der Waals surface area contributed by atoms with E-state index in [1.807, 2.05) is 6.92 Å². The molecule has 0 aliphatic rings. The highest BCUT2D eigenvalue weighted by atomic mass is 35.5. The number of hydrogen-bond donors (Lipinski definition) is 1. The molecule has 64 valence electrons. The molecule has 0 aliphatic heterocycles. The van der Waals surface area contributed by atoms with Gasteiger partial charge < -0.3 is 10.5 Å². The van der Waals surface area contributed by atoms with Crippen molar-refractivity contribution in [3.8, 4) is 5.75 Å². The standard InChI is InChI=1S/C8H8ClNO2/c1-5-4-6(12-8(10)11)2-3-7(5)9/h2-4H,1H3,(H2,10,11). The average molecular weight is 186 g/mol. The predicted octanol–water partition coefficient (Wildman–Crippen LogP) is 2.11. The van der Waals surface area contributed by atoms with Crippen molar-refractivity contribution < 1.29 is 9.53 Å². The van der Waals surface area contributed by atoms with Crippen molar-refractivity contribution in [2.75, 3.05) is 0 Å². The van der Waals surface area contributed by atoms with E-state index in [0.29, 0.717) is 10.8 Å². The van der Waals surface area contributed by atoms with Crippen LogP contribution in [-0.2, 0) is 0 Å². The smallest absolute Gasteiger partial charge is 0.409 e. The average Bonchev–Trinajstić information content (AvgIpc) is 1.96. The SMILES string of the molecule is Cc1cc(OC(N)=O)ccc1Cl. The lowest BCUT2D eigenvalue weighted by atomic mass is 10.2. The Kier molecular flexibility index (Phi) is 2.55. The summed E-state index contributed by atoms with van der Waals surface area (Å²) >= 11 is 5.75. The Morgan fingerprint density at radius 3 is 2.75 bits per heavy atom. The lowest BCUT2D eigenvalue weighted by Gasteiger charge is -2.02. The highest BCUT2D eigenvalue weighted by molar-refractivity contribution is 6.31. The Labute approximate surface area is 75.1 Å².